The van der Waals surface area contributed by atoms with E-state index in [1.54, 1.807) is 16.2 Å². The lowest BCUT2D eigenvalue weighted by atomic mass is 10.1. The number of nitrogens with zero attached hydrogens (tertiary/aromatic N) is 4. The number of amides is 1. The molecule has 2 aromatic carbocycles. The molecular formula is C24H27FN4O3S2. The highest BCUT2D eigenvalue weighted by Crippen LogP contribution is 2.32. The Kier molecular flexibility index (Phi) is 6.30. The van der Waals surface area contributed by atoms with E-state index in [4.69, 9.17) is 4.98 Å². The summed E-state index contributed by atoms with van der Waals surface area (Å²) in [7, 11) is -3.86. The van der Waals surface area contributed by atoms with Gasteiger partial charge in [0.15, 0.2) is 5.13 Å². The zero-order valence-corrected chi connectivity index (χ0v) is 20.6. The smallest absolute Gasteiger partial charge is 0.243 e. The molecule has 0 bridgehead atoms. The van der Waals surface area contributed by atoms with Crippen molar-refractivity contribution in [2.75, 3.05) is 37.6 Å². The molecule has 1 unspecified atom stereocenters. The maximum atomic E-state index is 13.3. The van der Waals surface area contributed by atoms with Gasteiger partial charge in [-0.15, -0.1) is 0 Å². The Morgan fingerprint density at radius 1 is 1.09 bits per heavy atom. The molecule has 1 aromatic heterocycles. The quantitative estimate of drug-likeness (QED) is 0.534. The van der Waals surface area contributed by atoms with Crippen LogP contribution >= 0.6 is 11.3 Å². The van der Waals surface area contributed by atoms with Crippen LogP contribution in [0.25, 0.3) is 10.2 Å². The second-order valence-electron chi connectivity index (χ2n) is 8.65. The van der Waals surface area contributed by atoms with Crippen molar-refractivity contribution >= 4 is 42.6 Å². The van der Waals surface area contributed by atoms with E-state index in [1.807, 2.05) is 0 Å². The molecule has 2 saturated heterocycles. The molecule has 34 heavy (non-hydrogen) atoms. The summed E-state index contributed by atoms with van der Waals surface area (Å²) in [6, 6.07) is 10.3. The van der Waals surface area contributed by atoms with Crippen molar-refractivity contribution in [1.29, 1.82) is 0 Å². The summed E-state index contributed by atoms with van der Waals surface area (Å²) in [4.78, 5) is 22.2. The molecule has 5 rings (SSSR count). The van der Waals surface area contributed by atoms with E-state index in [0.29, 0.717) is 45.6 Å². The number of carbonyl (C=O) groups excluding carboxylic acids is 1. The first kappa shape index (κ1) is 23.2. The molecule has 7 nitrogen and oxygen atoms in total. The summed E-state index contributed by atoms with van der Waals surface area (Å²) in [6.45, 7) is 4.78. The predicted molar refractivity (Wildman–Crippen MR) is 131 cm³/mol. The topological polar surface area (TPSA) is 73.8 Å². The zero-order valence-electron chi connectivity index (χ0n) is 19.0. The van der Waals surface area contributed by atoms with Crippen LogP contribution < -0.4 is 4.90 Å². The maximum Gasteiger partial charge on any atom is 0.243 e. The molecule has 10 heteroatoms. The van der Waals surface area contributed by atoms with E-state index in [1.165, 1.54) is 26.7 Å². The monoisotopic (exact) mass is 502 g/mol. The Bertz CT molecular complexity index is 1300. The molecule has 1 amide bonds. The molecule has 3 aromatic rings. The van der Waals surface area contributed by atoms with Crippen LogP contribution in [0.3, 0.4) is 0 Å². The van der Waals surface area contributed by atoms with Crippen LogP contribution in [0.1, 0.15) is 25.3 Å². The summed E-state index contributed by atoms with van der Waals surface area (Å²) in [6.07, 6.45) is 2.06. The van der Waals surface area contributed by atoms with Crippen LogP contribution in [-0.4, -0.2) is 67.3 Å². The molecule has 0 saturated carbocycles. The number of fused-ring (bicyclic) bond motifs is 1. The minimum absolute atomic E-state index is 0.0145. The lowest BCUT2D eigenvalue weighted by Crippen LogP contribution is -2.54. The molecule has 0 spiro atoms. The van der Waals surface area contributed by atoms with Gasteiger partial charge in [0.2, 0.25) is 15.9 Å². The lowest BCUT2D eigenvalue weighted by molar-refractivity contribution is -0.134. The third-order valence-corrected chi connectivity index (χ3v) is 9.65. The molecule has 0 aliphatic carbocycles. The molecule has 2 aliphatic heterocycles. The van der Waals surface area contributed by atoms with Crippen LogP contribution in [-0.2, 0) is 21.2 Å². The number of carbonyl (C=O) groups is 1. The SMILES string of the molecule is CCc1cccc2sc(N3CCN(C(=O)C4CCCN4S(=O)(=O)c4ccc(F)cc4)CC3)nc12. The summed E-state index contributed by atoms with van der Waals surface area (Å²) < 4.78 is 42.0. The first-order chi connectivity index (χ1) is 16.4. The molecule has 180 valence electrons. The molecule has 3 heterocycles. The number of piperazine rings is 1. The fourth-order valence-corrected chi connectivity index (χ4v) is 7.48. The van der Waals surface area contributed by atoms with E-state index < -0.39 is 21.9 Å². The van der Waals surface area contributed by atoms with Gasteiger partial charge in [-0.3, -0.25) is 4.79 Å². The second kappa shape index (κ2) is 9.24. The number of benzene rings is 2. The van der Waals surface area contributed by atoms with Crippen molar-refractivity contribution < 1.29 is 17.6 Å². The number of rotatable bonds is 5. The molecule has 2 fully saturated rings. The fourth-order valence-electron chi connectivity index (χ4n) is 4.76. The van der Waals surface area contributed by atoms with Gasteiger partial charge in [0.05, 0.1) is 15.1 Å². The van der Waals surface area contributed by atoms with E-state index in [-0.39, 0.29) is 10.8 Å². The average molecular weight is 503 g/mol. The van der Waals surface area contributed by atoms with Crippen molar-refractivity contribution in [1.82, 2.24) is 14.2 Å². The first-order valence-corrected chi connectivity index (χ1v) is 13.8. The summed E-state index contributed by atoms with van der Waals surface area (Å²) >= 11 is 1.67. The van der Waals surface area contributed by atoms with Gasteiger partial charge in [-0.1, -0.05) is 30.4 Å². The third kappa shape index (κ3) is 4.18. The standard InChI is InChI=1S/C24H27FN4O3S2/c1-2-17-5-3-7-21-22(17)26-24(33-21)28-15-13-27(14-16-28)23(30)20-6-4-12-29(20)34(31,32)19-10-8-18(25)9-11-19/h3,5,7-11,20H,2,4,6,12-16H2,1H3. The molecule has 1 atom stereocenters. The number of halogens is 1. The normalized spacial score (nSPS) is 19.8. The zero-order chi connectivity index (χ0) is 23.9. The van der Waals surface area contributed by atoms with Gasteiger partial charge in [-0.05, 0) is 55.2 Å². The number of hydrogen-bond acceptors (Lipinski definition) is 6. The average Bonchev–Trinajstić information content (AvgIpc) is 3.52. The lowest BCUT2D eigenvalue weighted by Gasteiger charge is -2.37. The minimum atomic E-state index is -3.86. The Morgan fingerprint density at radius 3 is 2.53 bits per heavy atom. The van der Waals surface area contributed by atoms with Crippen molar-refractivity contribution in [3.63, 3.8) is 0 Å². The third-order valence-electron chi connectivity index (χ3n) is 6.64. The number of aryl methyl sites for hydroxylation is 1. The first-order valence-electron chi connectivity index (χ1n) is 11.6. The van der Waals surface area contributed by atoms with Crippen molar-refractivity contribution in [3.8, 4) is 0 Å². The second-order valence-corrected chi connectivity index (χ2v) is 11.6. The Labute approximate surface area is 202 Å². The highest BCUT2D eigenvalue weighted by molar-refractivity contribution is 7.89. The number of anilines is 1. The maximum absolute atomic E-state index is 13.3. The number of thiazole rings is 1. The van der Waals surface area contributed by atoms with Crippen LogP contribution in [0.2, 0.25) is 0 Å². The predicted octanol–water partition coefficient (Wildman–Crippen LogP) is 3.50. The molecule has 2 aliphatic rings. The molecule has 0 radical (unpaired) electrons. The number of para-hydroxylation sites is 1. The van der Waals surface area contributed by atoms with Crippen molar-refractivity contribution in [2.24, 2.45) is 0 Å². The van der Waals surface area contributed by atoms with E-state index in [2.05, 4.69) is 30.0 Å². The number of hydrogen-bond donors (Lipinski definition) is 0. The van der Waals surface area contributed by atoms with E-state index >= 15 is 0 Å². The minimum Gasteiger partial charge on any atom is -0.345 e. The number of aromatic nitrogens is 1. The number of sulfonamides is 1. The van der Waals surface area contributed by atoms with Gasteiger partial charge >= 0.3 is 0 Å². The van der Waals surface area contributed by atoms with Gasteiger partial charge in [0.25, 0.3) is 0 Å². The van der Waals surface area contributed by atoms with Crippen molar-refractivity contribution in [3.05, 3.63) is 53.8 Å². The van der Waals surface area contributed by atoms with E-state index in [9.17, 15) is 17.6 Å². The van der Waals surface area contributed by atoms with E-state index in [0.717, 1.165) is 29.2 Å². The molecule has 0 N–H and O–H groups in total. The van der Waals surface area contributed by atoms with Gasteiger partial charge in [0, 0.05) is 32.7 Å². The fraction of sp³-hybridized carbons (Fsp3) is 0.417. The highest BCUT2D eigenvalue weighted by Gasteiger charge is 2.41. The summed E-state index contributed by atoms with van der Waals surface area (Å²) in [5, 5.41) is 0.962. The van der Waals surface area contributed by atoms with Crippen LogP contribution in [0.15, 0.2) is 47.4 Å². The Hall–Kier alpha value is -2.56. The largest absolute Gasteiger partial charge is 0.345 e. The summed E-state index contributed by atoms with van der Waals surface area (Å²) in [5.74, 6) is -0.648. The van der Waals surface area contributed by atoms with Gasteiger partial charge in [-0.2, -0.15) is 4.31 Å². The summed E-state index contributed by atoms with van der Waals surface area (Å²) in [5.41, 5.74) is 2.29. The van der Waals surface area contributed by atoms with Crippen molar-refractivity contribution in [2.45, 2.75) is 37.1 Å². The highest BCUT2D eigenvalue weighted by atomic mass is 32.2. The van der Waals surface area contributed by atoms with Gasteiger partial charge in [-0.25, -0.2) is 17.8 Å². The Morgan fingerprint density at radius 2 is 1.82 bits per heavy atom. The van der Waals surface area contributed by atoms with Crippen LogP contribution in [0, 0.1) is 5.82 Å². The Balaban J connectivity index is 1.28. The van der Waals surface area contributed by atoms with Gasteiger partial charge in [0.1, 0.15) is 11.9 Å². The molecular weight excluding hydrogens is 475 g/mol. The van der Waals surface area contributed by atoms with Crippen LogP contribution in [0.4, 0.5) is 9.52 Å². The van der Waals surface area contributed by atoms with Crippen LogP contribution in [0.5, 0.6) is 0 Å². The van der Waals surface area contributed by atoms with Gasteiger partial charge < -0.3 is 9.80 Å².